The summed E-state index contributed by atoms with van der Waals surface area (Å²) in [7, 11) is 0. The Morgan fingerprint density at radius 3 is 2.47 bits per heavy atom. The molecule has 0 aliphatic carbocycles. The second kappa shape index (κ2) is 8.84. The van der Waals surface area contributed by atoms with E-state index in [1.54, 1.807) is 0 Å². The molecule has 1 fully saturated rings. The second-order valence-corrected chi connectivity index (χ2v) is 8.98. The number of fused-ring (bicyclic) bond motifs is 1. The van der Waals surface area contributed by atoms with Gasteiger partial charge in [0.15, 0.2) is 6.67 Å². The summed E-state index contributed by atoms with van der Waals surface area (Å²) in [6.45, 7) is 4.14. The van der Waals surface area contributed by atoms with Gasteiger partial charge in [0.1, 0.15) is 11.5 Å². The maximum absolute atomic E-state index is 13.4. The Morgan fingerprint density at radius 1 is 0.969 bits per heavy atom. The standard InChI is InChI=1S/C25H22BrFN4O/c26-18-4-3-5-20(16-18)28-24-22-6-1-2-7-23(22)31(25(24)32)17-29-12-14-30(15-13-29)21-10-8-19(27)9-11-21/h1-11,16H,12-15,17H2/p+1. The van der Waals surface area contributed by atoms with Crippen LogP contribution >= 0.6 is 15.9 Å². The highest BCUT2D eigenvalue weighted by molar-refractivity contribution is 9.10. The number of hydrogen-bond acceptors (Lipinski definition) is 3. The van der Waals surface area contributed by atoms with Gasteiger partial charge in [-0.15, -0.1) is 0 Å². The highest BCUT2D eigenvalue weighted by Crippen LogP contribution is 2.30. The number of nitrogens with one attached hydrogen (secondary N) is 1. The van der Waals surface area contributed by atoms with Crippen molar-refractivity contribution >= 4 is 44.6 Å². The van der Waals surface area contributed by atoms with Gasteiger partial charge in [0, 0.05) is 15.7 Å². The number of nitrogens with zero attached hydrogens (tertiary/aromatic N) is 3. The van der Waals surface area contributed by atoms with E-state index in [-0.39, 0.29) is 11.7 Å². The summed E-state index contributed by atoms with van der Waals surface area (Å²) in [5.41, 5.74) is 4.07. The topological polar surface area (TPSA) is 40.4 Å². The van der Waals surface area contributed by atoms with Gasteiger partial charge >= 0.3 is 0 Å². The average Bonchev–Trinajstić information content (AvgIpc) is 3.06. The zero-order chi connectivity index (χ0) is 22.1. The molecular formula is C25H23BrFN4O+. The van der Waals surface area contributed by atoms with Crippen LogP contribution in [0, 0.1) is 5.82 Å². The van der Waals surface area contributed by atoms with Crippen molar-refractivity contribution in [3.8, 4) is 0 Å². The summed E-state index contributed by atoms with van der Waals surface area (Å²) in [5.74, 6) is -0.274. The van der Waals surface area contributed by atoms with E-state index in [0.717, 1.165) is 53.3 Å². The molecule has 2 heterocycles. The van der Waals surface area contributed by atoms with Crippen LogP contribution < -0.4 is 14.7 Å². The largest absolute Gasteiger partial charge is 0.360 e. The Bertz CT molecular complexity index is 1170. The van der Waals surface area contributed by atoms with Crippen LogP contribution in [0.3, 0.4) is 0 Å². The fraction of sp³-hybridized carbons (Fsp3) is 0.200. The Kier molecular flexibility index (Phi) is 5.76. The van der Waals surface area contributed by atoms with Crippen molar-refractivity contribution in [1.29, 1.82) is 0 Å². The lowest BCUT2D eigenvalue weighted by atomic mass is 10.1. The summed E-state index contributed by atoms with van der Waals surface area (Å²) in [4.78, 5) is 23.5. The summed E-state index contributed by atoms with van der Waals surface area (Å²) in [5, 5.41) is 0. The van der Waals surface area contributed by atoms with Gasteiger partial charge in [0.05, 0.1) is 37.6 Å². The molecule has 0 spiro atoms. The van der Waals surface area contributed by atoms with Crippen LogP contribution in [0.4, 0.5) is 21.5 Å². The molecule has 1 saturated heterocycles. The highest BCUT2D eigenvalue weighted by Gasteiger charge is 2.36. The van der Waals surface area contributed by atoms with Gasteiger partial charge < -0.3 is 9.80 Å². The number of rotatable bonds is 4. The SMILES string of the molecule is O=C1C(=Nc2cccc(Br)c2)c2ccccc2N1C[NH+]1CCN(c2ccc(F)cc2)CC1. The Morgan fingerprint density at radius 2 is 1.72 bits per heavy atom. The van der Waals surface area contributed by atoms with Crippen molar-refractivity contribution in [2.24, 2.45) is 4.99 Å². The van der Waals surface area contributed by atoms with E-state index in [2.05, 4.69) is 20.8 Å². The maximum Gasteiger partial charge on any atom is 0.281 e. The number of para-hydroxylation sites is 1. The number of carbonyl (C=O) groups excluding carboxylic acids is 1. The lowest BCUT2D eigenvalue weighted by molar-refractivity contribution is -0.899. The number of hydrogen-bond donors (Lipinski definition) is 1. The molecule has 1 N–H and O–H groups in total. The van der Waals surface area contributed by atoms with Crippen molar-refractivity contribution in [1.82, 2.24) is 0 Å². The van der Waals surface area contributed by atoms with Crippen LogP contribution in [-0.2, 0) is 4.79 Å². The first-order chi connectivity index (χ1) is 15.6. The van der Waals surface area contributed by atoms with Gasteiger partial charge in [-0.05, 0) is 48.5 Å². The van der Waals surface area contributed by atoms with Gasteiger partial charge in [0.25, 0.3) is 5.91 Å². The third-order valence-electron chi connectivity index (χ3n) is 5.99. The number of anilines is 2. The van der Waals surface area contributed by atoms with Crippen LogP contribution in [0.2, 0.25) is 0 Å². The fourth-order valence-electron chi connectivity index (χ4n) is 4.32. The van der Waals surface area contributed by atoms with Crippen molar-refractivity contribution in [2.45, 2.75) is 0 Å². The predicted octanol–water partition coefficient (Wildman–Crippen LogP) is 3.42. The van der Waals surface area contributed by atoms with Crippen molar-refractivity contribution in [2.75, 3.05) is 42.6 Å². The maximum atomic E-state index is 13.4. The molecule has 1 amide bonds. The van der Waals surface area contributed by atoms with E-state index in [0.29, 0.717) is 12.4 Å². The zero-order valence-corrected chi connectivity index (χ0v) is 19.1. The van der Waals surface area contributed by atoms with Gasteiger partial charge in [-0.1, -0.05) is 40.2 Å². The summed E-state index contributed by atoms with van der Waals surface area (Å²) in [6, 6.07) is 22.2. The molecule has 5 rings (SSSR count). The monoisotopic (exact) mass is 493 g/mol. The molecule has 0 aromatic heterocycles. The minimum atomic E-state index is -0.218. The minimum absolute atomic E-state index is 0.0559. The van der Waals surface area contributed by atoms with E-state index in [9.17, 15) is 9.18 Å². The molecule has 0 bridgehead atoms. The average molecular weight is 494 g/mol. The lowest BCUT2D eigenvalue weighted by Gasteiger charge is -2.35. The molecule has 5 nitrogen and oxygen atoms in total. The Hall–Kier alpha value is -3.03. The van der Waals surface area contributed by atoms with Crippen molar-refractivity contribution in [3.05, 3.63) is 88.6 Å². The number of benzene rings is 3. The molecule has 162 valence electrons. The number of amides is 1. The molecule has 0 radical (unpaired) electrons. The second-order valence-electron chi connectivity index (χ2n) is 8.06. The van der Waals surface area contributed by atoms with Crippen LogP contribution in [0.1, 0.15) is 5.56 Å². The molecule has 3 aromatic carbocycles. The summed E-state index contributed by atoms with van der Waals surface area (Å²) < 4.78 is 14.1. The van der Waals surface area contributed by atoms with Crippen molar-refractivity contribution in [3.63, 3.8) is 0 Å². The molecule has 2 aliphatic heterocycles. The number of aliphatic imine (C=N–C) groups is 1. The molecule has 32 heavy (non-hydrogen) atoms. The van der Waals surface area contributed by atoms with Crippen LogP contribution in [0.25, 0.3) is 0 Å². The van der Waals surface area contributed by atoms with E-state index in [1.165, 1.54) is 17.0 Å². The highest BCUT2D eigenvalue weighted by atomic mass is 79.9. The molecule has 7 heteroatoms. The quantitative estimate of drug-likeness (QED) is 0.604. The van der Waals surface area contributed by atoms with Crippen LogP contribution in [0.5, 0.6) is 0 Å². The first-order valence-electron chi connectivity index (χ1n) is 10.7. The van der Waals surface area contributed by atoms with Gasteiger partial charge in [-0.25, -0.2) is 9.38 Å². The first-order valence-corrected chi connectivity index (χ1v) is 11.5. The molecule has 3 aromatic rings. The molecular weight excluding hydrogens is 471 g/mol. The van der Waals surface area contributed by atoms with E-state index >= 15 is 0 Å². The summed E-state index contributed by atoms with van der Waals surface area (Å²) in [6.07, 6.45) is 0. The normalized spacial score (nSPS) is 17.8. The molecule has 0 unspecified atom stereocenters. The van der Waals surface area contributed by atoms with Gasteiger partial charge in [-0.3, -0.25) is 9.69 Å². The Labute approximate surface area is 194 Å². The number of carbonyl (C=O) groups is 1. The predicted molar refractivity (Wildman–Crippen MR) is 128 cm³/mol. The lowest BCUT2D eigenvalue weighted by Crippen LogP contribution is -3.16. The smallest absolute Gasteiger partial charge is 0.281 e. The minimum Gasteiger partial charge on any atom is -0.360 e. The van der Waals surface area contributed by atoms with Gasteiger partial charge in [-0.2, -0.15) is 0 Å². The van der Waals surface area contributed by atoms with E-state index < -0.39 is 0 Å². The third-order valence-corrected chi connectivity index (χ3v) is 6.48. The Balaban J connectivity index is 1.32. The number of piperazine rings is 1. The number of halogens is 2. The van der Waals surface area contributed by atoms with E-state index in [1.807, 2.05) is 65.6 Å². The van der Waals surface area contributed by atoms with Crippen LogP contribution in [-0.4, -0.2) is 44.5 Å². The van der Waals surface area contributed by atoms with E-state index in [4.69, 9.17) is 4.99 Å². The molecule has 2 aliphatic rings. The zero-order valence-electron chi connectivity index (χ0n) is 17.5. The fourth-order valence-corrected chi connectivity index (χ4v) is 4.70. The third kappa shape index (κ3) is 4.18. The van der Waals surface area contributed by atoms with Crippen LogP contribution in [0.15, 0.2) is 82.3 Å². The number of quaternary nitrogens is 1. The molecule has 0 atom stereocenters. The molecule has 0 saturated carbocycles. The van der Waals surface area contributed by atoms with Gasteiger partial charge in [0.2, 0.25) is 0 Å². The van der Waals surface area contributed by atoms with Crippen molar-refractivity contribution < 1.29 is 14.1 Å². The first kappa shape index (κ1) is 20.8. The summed E-state index contributed by atoms with van der Waals surface area (Å²) >= 11 is 3.47.